The van der Waals surface area contributed by atoms with Crippen LogP contribution < -0.4 is 5.32 Å². The summed E-state index contributed by atoms with van der Waals surface area (Å²) in [6, 6.07) is 23.5. The van der Waals surface area contributed by atoms with Gasteiger partial charge in [0.15, 0.2) is 11.6 Å². The van der Waals surface area contributed by atoms with E-state index in [9.17, 15) is 10.1 Å². The van der Waals surface area contributed by atoms with E-state index in [1.165, 1.54) is 12.1 Å². The molecular formula is C23H17N7O2. The van der Waals surface area contributed by atoms with Crippen molar-refractivity contribution in [3.8, 4) is 17.1 Å². The summed E-state index contributed by atoms with van der Waals surface area (Å²) in [7, 11) is 0. The number of nitro groups is 1. The van der Waals surface area contributed by atoms with Gasteiger partial charge in [0.2, 0.25) is 0 Å². The van der Waals surface area contributed by atoms with Crippen LogP contribution in [0.3, 0.4) is 0 Å². The monoisotopic (exact) mass is 423 g/mol. The first-order valence-electron chi connectivity index (χ1n) is 9.85. The third kappa shape index (κ3) is 3.74. The summed E-state index contributed by atoms with van der Waals surface area (Å²) in [4.78, 5) is 15.3. The minimum atomic E-state index is -0.433. The van der Waals surface area contributed by atoms with Gasteiger partial charge in [-0.2, -0.15) is 9.78 Å². The fourth-order valence-electron chi connectivity index (χ4n) is 3.40. The normalized spacial score (nSPS) is 10.9. The molecule has 0 saturated heterocycles. The number of pyridine rings is 1. The van der Waals surface area contributed by atoms with E-state index in [1.807, 2.05) is 49.4 Å². The topological polar surface area (TPSA) is 112 Å². The molecule has 0 aliphatic carbocycles. The number of nitrogens with one attached hydrogen (secondary N) is 1. The van der Waals surface area contributed by atoms with Gasteiger partial charge < -0.3 is 5.32 Å². The van der Waals surface area contributed by atoms with Gasteiger partial charge in [0, 0.05) is 29.1 Å². The van der Waals surface area contributed by atoms with Gasteiger partial charge in [0.05, 0.1) is 21.8 Å². The zero-order valence-corrected chi connectivity index (χ0v) is 17.0. The largest absolute Gasteiger partial charge is 0.323 e. The molecule has 1 N–H and O–H groups in total. The Hall–Kier alpha value is -4.66. The van der Waals surface area contributed by atoms with Crippen LogP contribution in [0.1, 0.15) is 5.69 Å². The van der Waals surface area contributed by atoms with Gasteiger partial charge in [0.25, 0.3) is 5.69 Å². The van der Waals surface area contributed by atoms with Gasteiger partial charge in [-0.1, -0.05) is 30.3 Å². The number of aromatic nitrogens is 5. The summed E-state index contributed by atoms with van der Waals surface area (Å²) in [5.74, 6) is 1.89. The fraction of sp³-hybridized carbons (Fsp3) is 0.0435. The van der Waals surface area contributed by atoms with Gasteiger partial charge in [0.1, 0.15) is 5.82 Å². The summed E-state index contributed by atoms with van der Waals surface area (Å²) in [5, 5.41) is 28.3. The first-order valence-corrected chi connectivity index (χ1v) is 9.85. The molecule has 0 spiro atoms. The lowest BCUT2D eigenvalue weighted by Crippen LogP contribution is -2.06. The number of para-hydroxylation sites is 1. The number of anilines is 2. The lowest BCUT2D eigenvalue weighted by Gasteiger charge is -2.09. The second kappa shape index (κ2) is 7.88. The lowest BCUT2D eigenvalue weighted by molar-refractivity contribution is -0.384. The van der Waals surface area contributed by atoms with Crippen molar-refractivity contribution in [3.63, 3.8) is 0 Å². The molecule has 9 nitrogen and oxygen atoms in total. The number of hydrogen-bond donors (Lipinski definition) is 1. The molecule has 0 unspecified atom stereocenters. The Kier molecular flexibility index (Phi) is 4.75. The highest BCUT2D eigenvalue weighted by Gasteiger charge is 2.12. The van der Waals surface area contributed by atoms with Crippen molar-refractivity contribution in [3.05, 3.63) is 94.7 Å². The van der Waals surface area contributed by atoms with Crippen molar-refractivity contribution >= 4 is 28.2 Å². The van der Waals surface area contributed by atoms with Crippen molar-refractivity contribution in [1.82, 2.24) is 25.0 Å². The number of benzene rings is 2. The molecule has 32 heavy (non-hydrogen) atoms. The molecule has 0 aliphatic heterocycles. The Morgan fingerprint density at radius 2 is 1.81 bits per heavy atom. The van der Waals surface area contributed by atoms with Crippen LogP contribution in [0.25, 0.3) is 28.0 Å². The molecule has 5 aromatic rings. The molecule has 9 heteroatoms. The first-order chi connectivity index (χ1) is 15.6. The number of fused-ring (bicyclic) bond motifs is 1. The Balaban J connectivity index is 1.43. The lowest BCUT2D eigenvalue weighted by atomic mass is 10.1. The van der Waals surface area contributed by atoms with Crippen molar-refractivity contribution in [2.75, 3.05) is 5.32 Å². The van der Waals surface area contributed by atoms with Crippen LogP contribution in [0.4, 0.5) is 17.3 Å². The van der Waals surface area contributed by atoms with E-state index in [1.54, 1.807) is 28.9 Å². The molecule has 3 heterocycles. The van der Waals surface area contributed by atoms with E-state index in [4.69, 9.17) is 4.98 Å². The maximum atomic E-state index is 11.0. The van der Waals surface area contributed by atoms with E-state index in [0.717, 1.165) is 16.6 Å². The van der Waals surface area contributed by atoms with Crippen molar-refractivity contribution in [2.45, 2.75) is 6.92 Å². The molecule has 0 saturated carbocycles. The number of rotatable bonds is 5. The van der Waals surface area contributed by atoms with E-state index in [0.29, 0.717) is 28.7 Å². The zero-order chi connectivity index (χ0) is 22.1. The summed E-state index contributed by atoms with van der Waals surface area (Å²) in [6.45, 7) is 1.90. The first kappa shape index (κ1) is 19.3. The maximum Gasteiger partial charge on any atom is 0.270 e. The van der Waals surface area contributed by atoms with E-state index < -0.39 is 4.92 Å². The number of nitrogens with zero attached hydrogens (tertiary/aromatic N) is 6. The molecule has 5 rings (SSSR count). The number of hydrogen-bond acceptors (Lipinski definition) is 7. The van der Waals surface area contributed by atoms with Gasteiger partial charge in [-0.05, 0) is 37.3 Å². The minimum Gasteiger partial charge on any atom is -0.323 e. The smallest absolute Gasteiger partial charge is 0.270 e. The Labute approximate surface area is 182 Å². The molecular weight excluding hydrogens is 406 g/mol. The van der Waals surface area contributed by atoms with E-state index in [-0.39, 0.29) is 5.69 Å². The Morgan fingerprint density at radius 3 is 2.62 bits per heavy atom. The molecule has 0 amide bonds. The molecule has 156 valence electrons. The molecule has 0 bridgehead atoms. The third-order valence-corrected chi connectivity index (χ3v) is 4.91. The van der Waals surface area contributed by atoms with Crippen molar-refractivity contribution in [2.24, 2.45) is 0 Å². The van der Waals surface area contributed by atoms with Crippen LogP contribution in [0, 0.1) is 17.0 Å². The third-order valence-electron chi connectivity index (χ3n) is 4.91. The standard InChI is InChI=1S/C23H17N7O2/c1-15-13-23(29(28-15)22-12-9-16-5-2-3-8-19(16)24-22)25-21-11-10-20(26-27-21)17-6-4-7-18(14-17)30(31)32/h2-14H,1H3,(H,25,27). The SMILES string of the molecule is Cc1cc(Nc2ccc(-c3cccc([N+](=O)[O-])c3)nn2)n(-c2ccc3ccccc3n2)n1. The van der Waals surface area contributed by atoms with Gasteiger partial charge in [-0.15, -0.1) is 10.2 Å². The average molecular weight is 423 g/mol. The van der Waals surface area contributed by atoms with Gasteiger partial charge in [-0.25, -0.2) is 4.98 Å². The highest BCUT2D eigenvalue weighted by atomic mass is 16.6. The second-order valence-corrected chi connectivity index (χ2v) is 7.18. The Bertz CT molecular complexity index is 1440. The summed E-state index contributed by atoms with van der Waals surface area (Å²) < 4.78 is 1.72. The van der Waals surface area contributed by atoms with E-state index in [2.05, 4.69) is 20.6 Å². The summed E-state index contributed by atoms with van der Waals surface area (Å²) in [6.07, 6.45) is 0. The van der Waals surface area contributed by atoms with Crippen LogP contribution in [-0.4, -0.2) is 29.9 Å². The summed E-state index contributed by atoms with van der Waals surface area (Å²) >= 11 is 0. The highest BCUT2D eigenvalue weighted by molar-refractivity contribution is 5.79. The van der Waals surface area contributed by atoms with Crippen molar-refractivity contribution < 1.29 is 4.92 Å². The van der Waals surface area contributed by atoms with Gasteiger partial charge >= 0.3 is 0 Å². The molecule has 2 aromatic carbocycles. The van der Waals surface area contributed by atoms with Crippen LogP contribution in [0.5, 0.6) is 0 Å². The number of nitro benzene ring substituents is 1. The van der Waals surface area contributed by atoms with Crippen LogP contribution in [-0.2, 0) is 0 Å². The maximum absolute atomic E-state index is 11.0. The highest BCUT2D eigenvalue weighted by Crippen LogP contribution is 2.24. The quantitative estimate of drug-likeness (QED) is 0.318. The molecule has 0 aliphatic rings. The minimum absolute atomic E-state index is 0.00811. The zero-order valence-electron chi connectivity index (χ0n) is 17.0. The molecule has 0 radical (unpaired) electrons. The molecule has 0 fully saturated rings. The van der Waals surface area contributed by atoms with Crippen molar-refractivity contribution in [1.29, 1.82) is 0 Å². The molecule has 3 aromatic heterocycles. The molecule has 0 atom stereocenters. The summed E-state index contributed by atoms with van der Waals surface area (Å²) in [5.41, 5.74) is 2.88. The predicted octanol–water partition coefficient (Wildman–Crippen LogP) is 4.84. The Morgan fingerprint density at radius 1 is 0.938 bits per heavy atom. The van der Waals surface area contributed by atoms with E-state index >= 15 is 0 Å². The number of aryl methyl sites for hydroxylation is 1. The van der Waals surface area contributed by atoms with Gasteiger partial charge in [-0.3, -0.25) is 10.1 Å². The van der Waals surface area contributed by atoms with Crippen LogP contribution >= 0.6 is 0 Å². The predicted molar refractivity (Wildman–Crippen MR) is 121 cm³/mol. The van der Waals surface area contributed by atoms with Crippen LogP contribution in [0.2, 0.25) is 0 Å². The second-order valence-electron chi connectivity index (χ2n) is 7.18. The van der Waals surface area contributed by atoms with Crippen LogP contribution in [0.15, 0.2) is 78.9 Å². The number of non-ortho nitro benzene ring substituents is 1. The fourth-order valence-corrected chi connectivity index (χ4v) is 3.40. The average Bonchev–Trinajstić information content (AvgIpc) is 3.19.